The van der Waals surface area contributed by atoms with Crippen LogP contribution in [0.2, 0.25) is 0 Å². The van der Waals surface area contributed by atoms with Crippen LogP contribution in [0.4, 0.5) is 0 Å². The van der Waals surface area contributed by atoms with Crippen LogP contribution in [0.15, 0.2) is 30.3 Å². The molecule has 0 aliphatic carbocycles. The van der Waals surface area contributed by atoms with Crippen molar-refractivity contribution in [3.63, 3.8) is 0 Å². The fourth-order valence-electron chi connectivity index (χ4n) is 2.05. The van der Waals surface area contributed by atoms with E-state index < -0.39 is 0 Å². The van der Waals surface area contributed by atoms with Crippen LogP contribution in [0.25, 0.3) is 0 Å². The molecule has 1 saturated heterocycles. The summed E-state index contributed by atoms with van der Waals surface area (Å²) in [5, 5.41) is 3.66. The molecule has 0 radical (unpaired) electrons. The van der Waals surface area contributed by atoms with Gasteiger partial charge in [0.25, 0.3) is 0 Å². The van der Waals surface area contributed by atoms with Crippen molar-refractivity contribution in [2.75, 3.05) is 26.2 Å². The summed E-state index contributed by atoms with van der Waals surface area (Å²) in [4.78, 5) is 23.5. The minimum Gasteiger partial charge on any atom is -0.343 e. The Balaban J connectivity index is 1.93. The van der Waals surface area contributed by atoms with E-state index in [2.05, 4.69) is 0 Å². The third kappa shape index (κ3) is 3.07. The second-order valence-electron chi connectivity index (χ2n) is 4.28. The molecule has 1 aliphatic rings. The Kier molecular flexibility index (Phi) is 4.30. The molecular weight excluding hydrogens is 230 g/mol. The summed E-state index contributed by atoms with van der Waals surface area (Å²) < 4.78 is 0. The molecular formula is C13H17N3O2. The molecule has 0 bridgehead atoms. The first kappa shape index (κ1) is 12.6. The van der Waals surface area contributed by atoms with Crippen molar-refractivity contribution in [2.45, 2.75) is 6.54 Å². The molecule has 0 unspecified atom stereocenters. The van der Waals surface area contributed by atoms with Gasteiger partial charge in [0.05, 0.1) is 6.54 Å². The van der Waals surface area contributed by atoms with Gasteiger partial charge < -0.3 is 4.90 Å². The van der Waals surface area contributed by atoms with Gasteiger partial charge in [-0.05, 0) is 5.56 Å². The van der Waals surface area contributed by atoms with E-state index in [9.17, 15) is 9.59 Å². The molecule has 2 rings (SSSR count). The molecule has 1 fully saturated rings. The number of nitrogens with zero attached hydrogens (tertiary/aromatic N) is 3. The number of hydrazine groups is 1. The predicted molar refractivity (Wildman–Crippen MR) is 67.3 cm³/mol. The average Bonchev–Trinajstić information content (AvgIpc) is 2.46. The standard InChI is InChI=1S/C13H17N3O2/c17-11-14-6-8-15(9-7-14)16(12-18)10-13-4-2-1-3-5-13/h1-5,11-12H,6-10H2. The van der Waals surface area contributed by atoms with Crippen LogP contribution in [0.3, 0.4) is 0 Å². The molecule has 1 aromatic rings. The van der Waals surface area contributed by atoms with Gasteiger partial charge in [0.1, 0.15) is 0 Å². The number of hydrogen-bond donors (Lipinski definition) is 0. The summed E-state index contributed by atoms with van der Waals surface area (Å²) in [5.41, 5.74) is 1.10. The van der Waals surface area contributed by atoms with Crippen molar-refractivity contribution in [1.29, 1.82) is 0 Å². The third-order valence-corrected chi connectivity index (χ3v) is 3.11. The first-order valence-corrected chi connectivity index (χ1v) is 6.03. The zero-order chi connectivity index (χ0) is 12.8. The smallest absolute Gasteiger partial charge is 0.224 e. The monoisotopic (exact) mass is 247 g/mol. The fourth-order valence-corrected chi connectivity index (χ4v) is 2.05. The minimum absolute atomic E-state index is 0.575. The number of hydrogen-bond acceptors (Lipinski definition) is 3. The maximum atomic E-state index is 11.2. The third-order valence-electron chi connectivity index (χ3n) is 3.11. The highest BCUT2D eigenvalue weighted by Crippen LogP contribution is 2.08. The Morgan fingerprint density at radius 3 is 2.28 bits per heavy atom. The van der Waals surface area contributed by atoms with Crippen LogP contribution in [0.5, 0.6) is 0 Å². The van der Waals surface area contributed by atoms with Crippen LogP contribution >= 0.6 is 0 Å². The molecule has 0 atom stereocenters. The van der Waals surface area contributed by atoms with Gasteiger partial charge in [0.15, 0.2) is 0 Å². The molecule has 1 heterocycles. The topological polar surface area (TPSA) is 43.9 Å². The van der Waals surface area contributed by atoms with E-state index in [1.807, 2.05) is 35.3 Å². The van der Waals surface area contributed by atoms with Crippen LogP contribution in [0, 0.1) is 0 Å². The van der Waals surface area contributed by atoms with Crippen LogP contribution in [-0.4, -0.2) is 53.9 Å². The molecule has 1 aromatic carbocycles. The minimum atomic E-state index is 0.575. The van der Waals surface area contributed by atoms with Gasteiger partial charge in [0, 0.05) is 26.2 Å². The fraction of sp³-hybridized carbons (Fsp3) is 0.385. The van der Waals surface area contributed by atoms with Crippen molar-refractivity contribution >= 4 is 12.8 Å². The van der Waals surface area contributed by atoms with Crippen molar-refractivity contribution in [3.8, 4) is 0 Å². The molecule has 5 heteroatoms. The molecule has 5 nitrogen and oxygen atoms in total. The summed E-state index contributed by atoms with van der Waals surface area (Å²) in [6, 6.07) is 9.87. The van der Waals surface area contributed by atoms with Crippen molar-refractivity contribution < 1.29 is 9.59 Å². The quantitative estimate of drug-likeness (QED) is 0.704. The van der Waals surface area contributed by atoms with Crippen molar-refractivity contribution in [3.05, 3.63) is 35.9 Å². The predicted octanol–water partition coefficient (Wildman–Crippen LogP) is 0.334. The Hall–Kier alpha value is -1.88. The molecule has 18 heavy (non-hydrogen) atoms. The second-order valence-corrected chi connectivity index (χ2v) is 4.28. The zero-order valence-electron chi connectivity index (χ0n) is 10.2. The first-order valence-electron chi connectivity index (χ1n) is 6.03. The highest BCUT2D eigenvalue weighted by molar-refractivity contribution is 5.48. The molecule has 2 amide bonds. The molecule has 0 saturated carbocycles. The largest absolute Gasteiger partial charge is 0.343 e. The maximum absolute atomic E-state index is 11.2. The second kappa shape index (κ2) is 6.16. The lowest BCUT2D eigenvalue weighted by molar-refractivity contribution is -0.141. The van der Waals surface area contributed by atoms with Crippen LogP contribution in [0.1, 0.15) is 5.56 Å². The van der Waals surface area contributed by atoms with E-state index >= 15 is 0 Å². The lowest BCUT2D eigenvalue weighted by atomic mass is 10.2. The van der Waals surface area contributed by atoms with Gasteiger partial charge >= 0.3 is 0 Å². The van der Waals surface area contributed by atoms with Gasteiger partial charge in [-0.15, -0.1) is 0 Å². The van der Waals surface area contributed by atoms with Gasteiger partial charge in [-0.3, -0.25) is 14.6 Å². The number of benzene rings is 1. The van der Waals surface area contributed by atoms with Crippen molar-refractivity contribution in [2.24, 2.45) is 0 Å². The Morgan fingerprint density at radius 1 is 1.06 bits per heavy atom. The zero-order valence-corrected chi connectivity index (χ0v) is 10.2. The van der Waals surface area contributed by atoms with E-state index in [0.29, 0.717) is 32.7 Å². The van der Waals surface area contributed by atoms with Gasteiger partial charge in [-0.2, -0.15) is 0 Å². The normalized spacial score (nSPS) is 16.3. The van der Waals surface area contributed by atoms with E-state index in [4.69, 9.17) is 0 Å². The molecule has 0 spiro atoms. The van der Waals surface area contributed by atoms with Gasteiger partial charge in [-0.25, -0.2) is 5.01 Å². The van der Waals surface area contributed by atoms with Crippen molar-refractivity contribution in [1.82, 2.24) is 14.9 Å². The summed E-state index contributed by atoms with van der Waals surface area (Å²) in [6.07, 6.45) is 1.71. The van der Waals surface area contributed by atoms with E-state index in [0.717, 1.165) is 18.4 Å². The van der Waals surface area contributed by atoms with E-state index in [1.54, 1.807) is 9.91 Å². The summed E-state index contributed by atoms with van der Waals surface area (Å²) in [7, 11) is 0. The lowest BCUT2D eigenvalue weighted by Gasteiger charge is -2.38. The number of carbonyl (C=O) groups excluding carboxylic acids is 2. The van der Waals surface area contributed by atoms with Crippen LogP contribution < -0.4 is 0 Å². The Morgan fingerprint density at radius 2 is 1.72 bits per heavy atom. The first-order chi connectivity index (χ1) is 8.83. The Labute approximate surface area is 107 Å². The van der Waals surface area contributed by atoms with Crippen LogP contribution in [-0.2, 0) is 16.1 Å². The van der Waals surface area contributed by atoms with Gasteiger partial charge in [-0.1, -0.05) is 30.3 Å². The number of carbonyl (C=O) groups is 2. The van der Waals surface area contributed by atoms with Gasteiger partial charge in [0.2, 0.25) is 12.8 Å². The molecule has 0 N–H and O–H groups in total. The molecule has 1 aliphatic heterocycles. The lowest BCUT2D eigenvalue weighted by Crippen LogP contribution is -2.52. The number of piperazine rings is 1. The average molecular weight is 247 g/mol. The highest BCUT2D eigenvalue weighted by atomic mass is 16.2. The molecule has 96 valence electrons. The summed E-state index contributed by atoms with van der Waals surface area (Å²) >= 11 is 0. The number of amides is 2. The number of rotatable bonds is 5. The van der Waals surface area contributed by atoms with E-state index in [1.165, 1.54) is 0 Å². The maximum Gasteiger partial charge on any atom is 0.224 e. The molecule has 0 aromatic heterocycles. The van der Waals surface area contributed by atoms with E-state index in [-0.39, 0.29) is 0 Å². The summed E-state index contributed by atoms with van der Waals surface area (Å²) in [6.45, 7) is 3.31. The SMILES string of the molecule is O=CN1CCN(N(C=O)Cc2ccccc2)CC1. The Bertz CT molecular complexity index is 388. The highest BCUT2D eigenvalue weighted by Gasteiger charge is 2.20. The summed E-state index contributed by atoms with van der Waals surface area (Å²) in [5.74, 6) is 0.